The summed E-state index contributed by atoms with van der Waals surface area (Å²) in [5.74, 6) is -0.418. The number of hydrogen-bond acceptors (Lipinski definition) is 6. The molecular formula is C14H15N3O5. The molecule has 0 saturated heterocycles. The summed E-state index contributed by atoms with van der Waals surface area (Å²) < 4.78 is 10.3. The number of aliphatic carboxylic acids is 1. The van der Waals surface area contributed by atoms with Crippen molar-refractivity contribution in [2.75, 3.05) is 6.61 Å². The number of carboxylic acid groups (broad SMARTS) is 1. The number of carbonyl (C=O) groups excluding carboxylic acids is 1. The molecule has 22 heavy (non-hydrogen) atoms. The summed E-state index contributed by atoms with van der Waals surface area (Å²) in [5, 5.41) is 18.6. The second kappa shape index (κ2) is 7.21. The summed E-state index contributed by atoms with van der Waals surface area (Å²) in [4.78, 5) is 21.9. The number of nitrogens with zero attached hydrogens (tertiary/aromatic N) is 2. The van der Waals surface area contributed by atoms with Crippen LogP contribution in [0, 0.1) is 0 Å². The lowest BCUT2D eigenvalue weighted by Crippen LogP contribution is -2.38. The smallest absolute Gasteiger partial charge is 0.407 e. The first kappa shape index (κ1) is 15.5. The minimum absolute atomic E-state index is 0.00853. The fourth-order valence-electron chi connectivity index (χ4n) is 1.56. The van der Waals surface area contributed by atoms with Gasteiger partial charge >= 0.3 is 12.1 Å². The Kier molecular flexibility index (Phi) is 5.07. The molecule has 0 saturated carbocycles. The van der Waals surface area contributed by atoms with E-state index in [-0.39, 0.29) is 13.0 Å². The number of rotatable bonds is 6. The van der Waals surface area contributed by atoms with E-state index in [2.05, 4.69) is 15.5 Å². The molecule has 116 valence electrons. The van der Waals surface area contributed by atoms with Crippen LogP contribution < -0.4 is 5.32 Å². The maximum Gasteiger partial charge on any atom is 0.407 e. The summed E-state index contributed by atoms with van der Waals surface area (Å²) in [5.41, 5.74) is 0.801. The van der Waals surface area contributed by atoms with Gasteiger partial charge in [-0.1, -0.05) is 18.2 Å². The Morgan fingerprint density at radius 1 is 1.32 bits per heavy atom. The average molecular weight is 305 g/mol. The molecule has 0 aliphatic rings. The molecule has 0 aliphatic heterocycles. The van der Waals surface area contributed by atoms with Crippen molar-refractivity contribution in [3.05, 3.63) is 36.2 Å². The zero-order chi connectivity index (χ0) is 15.9. The SMILES string of the molecule is CC(NC(=O)OCCc1nnc(-c2ccccc2)o1)C(=O)O. The largest absolute Gasteiger partial charge is 0.480 e. The Balaban J connectivity index is 1.80. The van der Waals surface area contributed by atoms with Gasteiger partial charge in [-0.2, -0.15) is 0 Å². The quantitative estimate of drug-likeness (QED) is 0.830. The van der Waals surface area contributed by atoms with Gasteiger partial charge in [0, 0.05) is 5.56 Å². The first-order valence-electron chi connectivity index (χ1n) is 6.60. The third-order valence-electron chi connectivity index (χ3n) is 2.74. The maximum atomic E-state index is 11.3. The third kappa shape index (κ3) is 4.30. The molecule has 0 bridgehead atoms. The molecule has 1 aromatic carbocycles. The van der Waals surface area contributed by atoms with Gasteiger partial charge < -0.3 is 19.6 Å². The number of carbonyl (C=O) groups is 2. The highest BCUT2D eigenvalue weighted by atomic mass is 16.5. The van der Waals surface area contributed by atoms with Crippen molar-refractivity contribution in [2.24, 2.45) is 0 Å². The Hall–Kier alpha value is -2.90. The van der Waals surface area contributed by atoms with Gasteiger partial charge in [-0.25, -0.2) is 4.79 Å². The van der Waals surface area contributed by atoms with E-state index in [4.69, 9.17) is 14.3 Å². The zero-order valence-corrected chi connectivity index (χ0v) is 11.9. The third-order valence-corrected chi connectivity index (χ3v) is 2.74. The van der Waals surface area contributed by atoms with Gasteiger partial charge in [0.2, 0.25) is 11.8 Å². The van der Waals surface area contributed by atoms with Crippen molar-refractivity contribution in [1.29, 1.82) is 0 Å². The van der Waals surface area contributed by atoms with E-state index in [1.54, 1.807) is 0 Å². The molecule has 1 atom stereocenters. The number of aromatic nitrogens is 2. The van der Waals surface area contributed by atoms with Gasteiger partial charge in [0.25, 0.3) is 0 Å². The van der Waals surface area contributed by atoms with Crippen LogP contribution in [0.4, 0.5) is 4.79 Å². The van der Waals surface area contributed by atoms with Gasteiger partial charge in [0.05, 0.1) is 6.42 Å². The molecule has 1 heterocycles. The Morgan fingerprint density at radius 2 is 2.05 bits per heavy atom. The van der Waals surface area contributed by atoms with Crippen molar-refractivity contribution in [1.82, 2.24) is 15.5 Å². The normalized spacial score (nSPS) is 11.7. The molecule has 1 unspecified atom stereocenters. The summed E-state index contributed by atoms with van der Waals surface area (Å²) in [6, 6.07) is 8.27. The first-order chi connectivity index (χ1) is 10.6. The van der Waals surface area contributed by atoms with E-state index in [0.717, 1.165) is 5.56 Å². The van der Waals surface area contributed by atoms with E-state index in [1.165, 1.54) is 6.92 Å². The lowest BCUT2D eigenvalue weighted by Gasteiger charge is -2.08. The van der Waals surface area contributed by atoms with Crippen molar-refractivity contribution >= 4 is 12.1 Å². The molecule has 2 aromatic rings. The van der Waals surface area contributed by atoms with Crippen LogP contribution in [-0.2, 0) is 16.0 Å². The summed E-state index contributed by atoms with van der Waals surface area (Å²) >= 11 is 0. The molecule has 0 radical (unpaired) electrons. The summed E-state index contributed by atoms with van der Waals surface area (Å²) in [6.07, 6.45) is -0.563. The number of nitrogens with one attached hydrogen (secondary N) is 1. The predicted molar refractivity (Wildman–Crippen MR) is 75.0 cm³/mol. The van der Waals surface area contributed by atoms with Crippen LogP contribution >= 0.6 is 0 Å². The molecule has 0 spiro atoms. The highest BCUT2D eigenvalue weighted by Gasteiger charge is 2.15. The standard InChI is InChI=1S/C14H15N3O5/c1-9(13(18)19)15-14(20)21-8-7-11-16-17-12(22-11)10-5-3-2-4-6-10/h2-6,9H,7-8H2,1H3,(H,15,20)(H,18,19). The molecule has 0 aliphatic carbocycles. The molecule has 2 N–H and O–H groups in total. The monoisotopic (exact) mass is 305 g/mol. The van der Waals surface area contributed by atoms with E-state index in [0.29, 0.717) is 11.8 Å². The van der Waals surface area contributed by atoms with Crippen LogP contribution in [0.15, 0.2) is 34.7 Å². The van der Waals surface area contributed by atoms with Crippen LogP contribution in [0.2, 0.25) is 0 Å². The average Bonchev–Trinajstić information content (AvgIpc) is 2.97. The van der Waals surface area contributed by atoms with Crippen molar-refractivity contribution in [2.45, 2.75) is 19.4 Å². The number of benzene rings is 1. The van der Waals surface area contributed by atoms with Crippen LogP contribution in [0.25, 0.3) is 11.5 Å². The lowest BCUT2D eigenvalue weighted by molar-refractivity contribution is -0.138. The molecule has 0 fully saturated rings. The molecule has 2 rings (SSSR count). The molecule has 8 nitrogen and oxygen atoms in total. The minimum Gasteiger partial charge on any atom is -0.480 e. The van der Waals surface area contributed by atoms with E-state index in [9.17, 15) is 9.59 Å². The number of alkyl carbamates (subject to hydrolysis) is 1. The number of hydrogen-bond donors (Lipinski definition) is 2. The Bertz CT molecular complexity index is 641. The zero-order valence-electron chi connectivity index (χ0n) is 11.9. The van der Waals surface area contributed by atoms with E-state index < -0.39 is 18.1 Å². The topological polar surface area (TPSA) is 115 Å². The predicted octanol–water partition coefficient (Wildman–Crippen LogP) is 1.48. The highest BCUT2D eigenvalue weighted by molar-refractivity contribution is 5.79. The Morgan fingerprint density at radius 3 is 2.73 bits per heavy atom. The number of ether oxygens (including phenoxy) is 1. The summed E-state index contributed by atoms with van der Waals surface area (Å²) in [7, 11) is 0. The number of carboxylic acids is 1. The fourth-order valence-corrected chi connectivity index (χ4v) is 1.56. The van der Waals surface area contributed by atoms with Crippen LogP contribution in [0.1, 0.15) is 12.8 Å². The second-order valence-corrected chi connectivity index (χ2v) is 4.46. The van der Waals surface area contributed by atoms with E-state index >= 15 is 0 Å². The van der Waals surface area contributed by atoms with Crippen molar-refractivity contribution in [3.8, 4) is 11.5 Å². The van der Waals surface area contributed by atoms with Gasteiger partial charge in [0.1, 0.15) is 12.6 Å². The lowest BCUT2D eigenvalue weighted by atomic mass is 10.2. The van der Waals surface area contributed by atoms with Crippen molar-refractivity contribution in [3.63, 3.8) is 0 Å². The highest BCUT2D eigenvalue weighted by Crippen LogP contribution is 2.16. The molecule has 1 amide bonds. The van der Waals surface area contributed by atoms with Gasteiger partial charge in [-0.15, -0.1) is 10.2 Å². The summed E-state index contributed by atoms with van der Waals surface area (Å²) in [6.45, 7) is 1.35. The number of amides is 1. The minimum atomic E-state index is -1.14. The maximum absolute atomic E-state index is 11.3. The fraction of sp³-hybridized carbons (Fsp3) is 0.286. The van der Waals surface area contributed by atoms with Crippen molar-refractivity contribution < 1.29 is 23.8 Å². The Labute approximate surface area is 126 Å². The molecular weight excluding hydrogens is 290 g/mol. The molecule has 1 aromatic heterocycles. The van der Waals surface area contributed by atoms with Crippen LogP contribution in [0.3, 0.4) is 0 Å². The van der Waals surface area contributed by atoms with Crippen LogP contribution in [0.5, 0.6) is 0 Å². The second-order valence-electron chi connectivity index (χ2n) is 4.46. The van der Waals surface area contributed by atoms with Gasteiger partial charge in [-0.05, 0) is 19.1 Å². The molecule has 8 heteroatoms. The van der Waals surface area contributed by atoms with Crippen LogP contribution in [-0.4, -0.2) is 40.0 Å². The van der Waals surface area contributed by atoms with Gasteiger partial charge in [-0.3, -0.25) is 4.79 Å². The van der Waals surface area contributed by atoms with E-state index in [1.807, 2.05) is 30.3 Å². The first-order valence-corrected chi connectivity index (χ1v) is 6.60. The van der Waals surface area contributed by atoms with Gasteiger partial charge in [0.15, 0.2) is 0 Å².